The number of carbonyl (C=O) groups is 2. The first-order valence-electron chi connectivity index (χ1n) is 7.28. The molecule has 3 N–H and O–H groups in total. The van der Waals surface area contributed by atoms with Gasteiger partial charge in [0, 0.05) is 23.6 Å². The highest BCUT2D eigenvalue weighted by Gasteiger charge is 2.15. The quantitative estimate of drug-likeness (QED) is 0.754. The highest BCUT2D eigenvalue weighted by Crippen LogP contribution is 2.24. The van der Waals surface area contributed by atoms with E-state index in [0.29, 0.717) is 23.0 Å². The Labute approximate surface area is 138 Å². The number of carboxylic acids is 1. The monoisotopic (exact) mass is 324 g/mol. The zero-order valence-electron chi connectivity index (χ0n) is 13.0. The van der Waals surface area contributed by atoms with E-state index in [1.54, 1.807) is 25.4 Å². The van der Waals surface area contributed by atoms with Crippen LogP contribution in [0.2, 0.25) is 0 Å². The van der Waals surface area contributed by atoms with Crippen molar-refractivity contribution in [3.8, 4) is 5.75 Å². The maximum absolute atomic E-state index is 11.7. The molecule has 3 rings (SSSR count). The van der Waals surface area contributed by atoms with E-state index < -0.39 is 11.9 Å². The van der Waals surface area contributed by atoms with Crippen molar-refractivity contribution in [2.45, 2.75) is 6.54 Å². The maximum atomic E-state index is 11.7. The van der Waals surface area contributed by atoms with Crippen molar-refractivity contribution in [2.24, 2.45) is 5.73 Å². The zero-order chi connectivity index (χ0) is 17.3. The van der Waals surface area contributed by atoms with Crippen molar-refractivity contribution in [3.05, 3.63) is 65.4 Å². The summed E-state index contributed by atoms with van der Waals surface area (Å²) in [4.78, 5) is 22.9. The molecule has 0 unspecified atom stereocenters. The Morgan fingerprint density at radius 1 is 1.21 bits per heavy atom. The van der Waals surface area contributed by atoms with Gasteiger partial charge in [0.25, 0.3) is 5.91 Å². The Kier molecular flexibility index (Phi) is 3.95. The van der Waals surface area contributed by atoms with Crippen molar-refractivity contribution in [1.29, 1.82) is 0 Å². The van der Waals surface area contributed by atoms with Gasteiger partial charge in [0.05, 0.1) is 18.2 Å². The first kappa shape index (κ1) is 15.6. The van der Waals surface area contributed by atoms with E-state index in [1.807, 2.05) is 28.8 Å². The molecule has 2 aromatic carbocycles. The lowest BCUT2D eigenvalue weighted by Gasteiger charge is -2.08. The van der Waals surface area contributed by atoms with Gasteiger partial charge in [-0.05, 0) is 29.8 Å². The number of primary amides is 1. The number of carboxylic acid groups (broad SMARTS) is 1. The second-order valence-corrected chi connectivity index (χ2v) is 5.42. The summed E-state index contributed by atoms with van der Waals surface area (Å²) in [5.41, 5.74) is 7.57. The van der Waals surface area contributed by atoms with Gasteiger partial charge in [0.1, 0.15) is 5.75 Å². The summed E-state index contributed by atoms with van der Waals surface area (Å²) in [6.07, 6.45) is 1.65. The summed E-state index contributed by atoms with van der Waals surface area (Å²) in [6.45, 7) is 0.462. The molecular weight excluding hydrogens is 308 g/mol. The van der Waals surface area contributed by atoms with Crippen LogP contribution in [0.5, 0.6) is 5.75 Å². The Balaban J connectivity index is 2.13. The predicted molar refractivity (Wildman–Crippen MR) is 89.5 cm³/mol. The first-order chi connectivity index (χ1) is 11.5. The molecule has 1 amide bonds. The molecule has 1 aromatic heterocycles. The lowest BCUT2D eigenvalue weighted by molar-refractivity contribution is 0.0696. The van der Waals surface area contributed by atoms with Crippen LogP contribution < -0.4 is 10.5 Å². The summed E-state index contributed by atoms with van der Waals surface area (Å²) in [5.74, 6) is -0.843. The summed E-state index contributed by atoms with van der Waals surface area (Å²) < 4.78 is 7.03. The Bertz CT molecular complexity index is 943. The average molecular weight is 324 g/mol. The van der Waals surface area contributed by atoms with Crippen molar-refractivity contribution < 1.29 is 19.4 Å². The Morgan fingerprint density at radius 2 is 2.00 bits per heavy atom. The summed E-state index contributed by atoms with van der Waals surface area (Å²) >= 11 is 0. The highest BCUT2D eigenvalue weighted by molar-refractivity contribution is 6.07. The van der Waals surface area contributed by atoms with Gasteiger partial charge in [-0.1, -0.05) is 18.2 Å². The van der Waals surface area contributed by atoms with E-state index in [-0.39, 0.29) is 5.56 Å². The van der Waals surface area contributed by atoms with Gasteiger partial charge in [0.15, 0.2) is 0 Å². The lowest BCUT2D eigenvalue weighted by atomic mass is 10.1. The summed E-state index contributed by atoms with van der Waals surface area (Å²) in [5, 5.41) is 9.83. The van der Waals surface area contributed by atoms with Crippen LogP contribution in [0, 0.1) is 0 Å². The molecule has 0 fully saturated rings. The van der Waals surface area contributed by atoms with Gasteiger partial charge in [-0.15, -0.1) is 0 Å². The van der Waals surface area contributed by atoms with Gasteiger partial charge >= 0.3 is 5.97 Å². The first-order valence-corrected chi connectivity index (χ1v) is 7.28. The smallest absolute Gasteiger partial charge is 0.335 e. The standard InChI is InChI=1S/C18H16N2O4/c1-24-13-4-2-3-11(7-13)9-20-10-15(17(19)21)14-6-5-12(18(22)23)8-16(14)20/h2-8,10H,9H2,1H3,(H2,19,21)(H,22,23). The van der Waals surface area contributed by atoms with Crippen LogP contribution in [0.1, 0.15) is 26.3 Å². The average Bonchev–Trinajstić information content (AvgIpc) is 2.93. The molecule has 6 nitrogen and oxygen atoms in total. The SMILES string of the molecule is COc1cccc(Cn2cc(C(N)=O)c3ccc(C(=O)O)cc32)c1. The van der Waals surface area contributed by atoms with E-state index in [2.05, 4.69) is 0 Å². The molecule has 0 aliphatic rings. The lowest BCUT2D eigenvalue weighted by Crippen LogP contribution is -2.10. The number of nitrogens with zero attached hydrogens (tertiary/aromatic N) is 1. The van der Waals surface area contributed by atoms with Crippen LogP contribution >= 0.6 is 0 Å². The van der Waals surface area contributed by atoms with Crippen molar-refractivity contribution in [2.75, 3.05) is 7.11 Å². The molecule has 0 aliphatic carbocycles. The predicted octanol–water partition coefficient (Wildman–Crippen LogP) is 2.50. The van der Waals surface area contributed by atoms with Crippen LogP contribution in [0.4, 0.5) is 0 Å². The molecule has 0 spiro atoms. The third kappa shape index (κ3) is 2.81. The molecule has 6 heteroatoms. The maximum Gasteiger partial charge on any atom is 0.335 e. The van der Waals surface area contributed by atoms with Gasteiger partial charge in [-0.3, -0.25) is 4.79 Å². The third-order valence-corrected chi connectivity index (χ3v) is 3.88. The fourth-order valence-electron chi connectivity index (χ4n) is 2.72. The third-order valence-electron chi connectivity index (χ3n) is 3.88. The number of methoxy groups -OCH3 is 1. The van der Waals surface area contributed by atoms with E-state index in [4.69, 9.17) is 10.5 Å². The Morgan fingerprint density at radius 3 is 2.67 bits per heavy atom. The van der Waals surface area contributed by atoms with Crippen molar-refractivity contribution in [3.63, 3.8) is 0 Å². The molecule has 3 aromatic rings. The molecule has 0 atom stereocenters. The number of rotatable bonds is 5. The minimum atomic E-state index is -1.02. The fraction of sp³-hybridized carbons (Fsp3) is 0.111. The molecule has 0 aliphatic heterocycles. The van der Waals surface area contributed by atoms with E-state index in [1.165, 1.54) is 6.07 Å². The molecule has 122 valence electrons. The number of carbonyl (C=O) groups excluding carboxylic acids is 1. The molecule has 0 saturated heterocycles. The van der Waals surface area contributed by atoms with E-state index in [0.717, 1.165) is 11.3 Å². The number of ether oxygens (including phenoxy) is 1. The van der Waals surface area contributed by atoms with Gasteiger partial charge in [-0.25, -0.2) is 4.79 Å². The van der Waals surface area contributed by atoms with E-state index >= 15 is 0 Å². The molecule has 24 heavy (non-hydrogen) atoms. The Hall–Kier alpha value is -3.28. The van der Waals surface area contributed by atoms with Gasteiger partial charge in [0.2, 0.25) is 0 Å². The van der Waals surface area contributed by atoms with Crippen LogP contribution in [0.15, 0.2) is 48.7 Å². The fourth-order valence-corrected chi connectivity index (χ4v) is 2.72. The minimum absolute atomic E-state index is 0.156. The van der Waals surface area contributed by atoms with Crippen molar-refractivity contribution >= 4 is 22.8 Å². The van der Waals surface area contributed by atoms with Crippen LogP contribution in [-0.2, 0) is 6.54 Å². The second kappa shape index (κ2) is 6.08. The minimum Gasteiger partial charge on any atom is -0.497 e. The molecular formula is C18H16N2O4. The zero-order valence-corrected chi connectivity index (χ0v) is 13.0. The molecule has 0 radical (unpaired) electrons. The second-order valence-electron chi connectivity index (χ2n) is 5.42. The summed E-state index contributed by atoms with van der Waals surface area (Å²) in [6, 6.07) is 12.2. The number of aromatic nitrogens is 1. The number of aromatic carboxylic acids is 1. The molecule has 0 saturated carbocycles. The van der Waals surface area contributed by atoms with Crippen LogP contribution in [-0.4, -0.2) is 28.7 Å². The number of benzene rings is 2. The molecule has 0 bridgehead atoms. The van der Waals surface area contributed by atoms with Crippen molar-refractivity contribution in [1.82, 2.24) is 4.57 Å². The summed E-state index contributed by atoms with van der Waals surface area (Å²) in [7, 11) is 1.59. The van der Waals surface area contributed by atoms with Gasteiger partial charge in [-0.2, -0.15) is 0 Å². The van der Waals surface area contributed by atoms with Crippen LogP contribution in [0.3, 0.4) is 0 Å². The number of amides is 1. The largest absolute Gasteiger partial charge is 0.497 e. The molecule has 1 heterocycles. The number of hydrogen-bond donors (Lipinski definition) is 2. The van der Waals surface area contributed by atoms with E-state index in [9.17, 15) is 14.7 Å². The number of fused-ring (bicyclic) bond motifs is 1. The van der Waals surface area contributed by atoms with Gasteiger partial charge < -0.3 is 20.1 Å². The topological polar surface area (TPSA) is 94.5 Å². The number of nitrogens with two attached hydrogens (primary N) is 1. The highest BCUT2D eigenvalue weighted by atomic mass is 16.5. The normalized spacial score (nSPS) is 10.7. The van der Waals surface area contributed by atoms with Crippen LogP contribution in [0.25, 0.3) is 10.9 Å². The number of hydrogen-bond acceptors (Lipinski definition) is 3.